The third-order valence-corrected chi connectivity index (χ3v) is 2.96. The minimum absolute atomic E-state index is 0.0136. The van der Waals surface area contributed by atoms with Gasteiger partial charge in [0.15, 0.2) is 0 Å². The van der Waals surface area contributed by atoms with Crippen LogP contribution in [0.2, 0.25) is 0 Å². The largest absolute Gasteiger partial charge is 0.508 e. The Bertz CT molecular complexity index is 621. The maximum atomic E-state index is 10.7. The molecule has 2 rings (SSSR count). The van der Waals surface area contributed by atoms with Crippen LogP contribution in [-0.2, 0) is 0 Å². The molecule has 0 spiro atoms. The molecule has 1 atom stereocenters. The van der Waals surface area contributed by atoms with Crippen molar-refractivity contribution < 1.29 is 15.0 Å². The second kappa shape index (κ2) is 6.04. The zero-order valence-electron chi connectivity index (χ0n) is 11.5. The standard InChI is InChI=1S/C15H17N3O3/c1-9(10-6-13(19)8-14(20)7-10)17-11-2-4-12(5-3-11)18-15(16)21/h2-9,17,19-20H,1H3,(H3,16,18,21). The summed E-state index contributed by atoms with van der Waals surface area (Å²) in [4.78, 5) is 10.7. The Kier molecular flexibility index (Phi) is 4.18. The molecule has 0 saturated heterocycles. The SMILES string of the molecule is CC(Nc1ccc(NC(N)=O)cc1)c1cc(O)cc(O)c1. The van der Waals surface area contributed by atoms with Gasteiger partial charge in [0.25, 0.3) is 0 Å². The van der Waals surface area contributed by atoms with E-state index in [1.165, 1.54) is 6.07 Å². The summed E-state index contributed by atoms with van der Waals surface area (Å²) >= 11 is 0. The van der Waals surface area contributed by atoms with E-state index in [0.717, 1.165) is 11.3 Å². The Hall–Kier alpha value is -2.89. The zero-order valence-corrected chi connectivity index (χ0v) is 11.5. The molecule has 0 radical (unpaired) electrons. The summed E-state index contributed by atoms with van der Waals surface area (Å²) in [6, 6.07) is 10.8. The van der Waals surface area contributed by atoms with Crippen molar-refractivity contribution in [3.05, 3.63) is 48.0 Å². The number of anilines is 2. The number of carbonyl (C=O) groups excluding carboxylic acids is 1. The van der Waals surface area contributed by atoms with Crippen LogP contribution in [0.15, 0.2) is 42.5 Å². The third-order valence-electron chi connectivity index (χ3n) is 2.96. The summed E-state index contributed by atoms with van der Waals surface area (Å²) < 4.78 is 0. The van der Waals surface area contributed by atoms with Gasteiger partial charge in [0.05, 0.1) is 0 Å². The van der Waals surface area contributed by atoms with Crippen molar-refractivity contribution in [2.45, 2.75) is 13.0 Å². The molecule has 2 amide bonds. The Balaban J connectivity index is 2.08. The van der Waals surface area contributed by atoms with Crippen LogP contribution in [0.25, 0.3) is 0 Å². The van der Waals surface area contributed by atoms with E-state index in [2.05, 4.69) is 10.6 Å². The van der Waals surface area contributed by atoms with Crippen LogP contribution in [0.4, 0.5) is 16.2 Å². The van der Waals surface area contributed by atoms with E-state index >= 15 is 0 Å². The lowest BCUT2D eigenvalue weighted by Gasteiger charge is -2.16. The van der Waals surface area contributed by atoms with Crippen molar-refractivity contribution in [3.63, 3.8) is 0 Å². The quantitative estimate of drug-likeness (QED) is 0.596. The monoisotopic (exact) mass is 287 g/mol. The number of aromatic hydroxyl groups is 2. The summed E-state index contributed by atoms with van der Waals surface area (Å²) in [5.41, 5.74) is 7.23. The molecule has 2 aromatic carbocycles. The molecule has 2 aromatic rings. The molecular formula is C15H17N3O3. The predicted molar refractivity (Wildman–Crippen MR) is 81.5 cm³/mol. The second-order valence-corrected chi connectivity index (χ2v) is 4.72. The first-order valence-electron chi connectivity index (χ1n) is 6.40. The molecule has 0 aliphatic heterocycles. The van der Waals surface area contributed by atoms with Crippen LogP contribution in [0, 0.1) is 0 Å². The lowest BCUT2D eigenvalue weighted by Crippen LogP contribution is -2.19. The van der Waals surface area contributed by atoms with Crippen LogP contribution >= 0.6 is 0 Å². The number of urea groups is 1. The number of rotatable bonds is 4. The average molecular weight is 287 g/mol. The zero-order chi connectivity index (χ0) is 15.4. The highest BCUT2D eigenvalue weighted by Crippen LogP contribution is 2.27. The number of amides is 2. The third kappa shape index (κ3) is 4.04. The fourth-order valence-corrected chi connectivity index (χ4v) is 1.99. The van der Waals surface area contributed by atoms with Crippen molar-refractivity contribution >= 4 is 17.4 Å². The molecular weight excluding hydrogens is 270 g/mol. The lowest BCUT2D eigenvalue weighted by atomic mass is 10.1. The first-order valence-corrected chi connectivity index (χ1v) is 6.40. The molecule has 6 N–H and O–H groups in total. The van der Waals surface area contributed by atoms with Gasteiger partial charge in [-0.3, -0.25) is 0 Å². The number of phenolic OH excluding ortho intramolecular Hbond substituents is 2. The lowest BCUT2D eigenvalue weighted by molar-refractivity contribution is 0.259. The first-order chi connectivity index (χ1) is 9.94. The van der Waals surface area contributed by atoms with Crippen LogP contribution in [0.1, 0.15) is 18.5 Å². The first kappa shape index (κ1) is 14.5. The minimum Gasteiger partial charge on any atom is -0.508 e. The van der Waals surface area contributed by atoms with Gasteiger partial charge in [-0.15, -0.1) is 0 Å². The molecule has 0 bridgehead atoms. The fourth-order valence-electron chi connectivity index (χ4n) is 1.99. The number of primary amides is 1. The number of carbonyl (C=O) groups is 1. The molecule has 0 saturated carbocycles. The second-order valence-electron chi connectivity index (χ2n) is 4.72. The van der Waals surface area contributed by atoms with Gasteiger partial charge in [-0.1, -0.05) is 0 Å². The minimum atomic E-state index is -0.612. The molecule has 0 fully saturated rings. The highest BCUT2D eigenvalue weighted by Gasteiger charge is 2.08. The Morgan fingerprint density at radius 3 is 2.10 bits per heavy atom. The van der Waals surface area contributed by atoms with E-state index < -0.39 is 6.03 Å². The number of nitrogens with one attached hydrogen (secondary N) is 2. The summed E-state index contributed by atoms with van der Waals surface area (Å²) in [6.45, 7) is 1.91. The smallest absolute Gasteiger partial charge is 0.316 e. The van der Waals surface area contributed by atoms with E-state index in [4.69, 9.17) is 5.73 Å². The van der Waals surface area contributed by atoms with Gasteiger partial charge in [0, 0.05) is 23.5 Å². The maximum Gasteiger partial charge on any atom is 0.316 e. The summed E-state index contributed by atoms with van der Waals surface area (Å²) in [5, 5.41) is 24.7. The molecule has 21 heavy (non-hydrogen) atoms. The Labute approximate surface area is 122 Å². The van der Waals surface area contributed by atoms with Crippen molar-refractivity contribution in [3.8, 4) is 11.5 Å². The number of nitrogens with two attached hydrogens (primary N) is 1. The normalized spacial score (nSPS) is 11.7. The molecule has 0 aliphatic rings. The van der Waals surface area contributed by atoms with Crippen LogP contribution in [0.3, 0.4) is 0 Å². The van der Waals surface area contributed by atoms with E-state index in [1.807, 2.05) is 6.92 Å². The number of phenols is 2. The van der Waals surface area contributed by atoms with Gasteiger partial charge in [-0.05, 0) is 48.9 Å². The predicted octanol–water partition coefficient (Wildman–Crippen LogP) is 2.76. The fraction of sp³-hybridized carbons (Fsp3) is 0.133. The van der Waals surface area contributed by atoms with E-state index in [9.17, 15) is 15.0 Å². The Morgan fingerprint density at radius 1 is 1.05 bits per heavy atom. The van der Waals surface area contributed by atoms with Gasteiger partial charge < -0.3 is 26.6 Å². The van der Waals surface area contributed by atoms with Crippen molar-refractivity contribution in [2.24, 2.45) is 5.73 Å². The molecule has 6 heteroatoms. The molecule has 110 valence electrons. The summed E-state index contributed by atoms with van der Waals surface area (Å²) in [6.07, 6.45) is 0. The summed E-state index contributed by atoms with van der Waals surface area (Å²) in [5.74, 6) is 0.0271. The number of hydrogen-bond donors (Lipinski definition) is 5. The van der Waals surface area contributed by atoms with E-state index in [-0.39, 0.29) is 17.5 Å². The average Bonchev–Trinajstić information content (AvgIpc) is 2.39. The van der Waals surface area contributed by atoms with Crippen molar-refractivity contribution in [1.82, 2.24) is 0 Å². The molecule has 6 nitrogen and oxygen atoms in total. The van der Waals surface area contributed by atoms with Gasteiger partial charge >= 0.3 is 6.03 Å². The van der Waals surface area contributed by atoms with Gasteiger partial charge in [0.2, 0.25) is 0 Å². The topological polar surface area (TPSA) is 108 Å². The van der Waals surface area contributed by atoms with Crippen LogP contribution < -0.4 is 16.4 Å². The van der Waals surface area contributed by atoms with Crippen molar-refractivity contribution in [2.75, 3.05) is 10.6 Å². The molecule has 0 aliphatic carbocycles. The maximum absolute atomic E-state index is 10.7. The van der Waals surface area contributed by atoms with E-state index in [0.29, 0.717) is 5.69 Å². The molecule has 0 aromatic heterocycles. The van der Waals surface area contributed by atoms with Gasteiger partial charge in [-0.25, -0.2) is 4.79 Å². The van der Waals surface area contributed by atoms with Gasteiger partial charge in [0.1, 0.15) is 11.5 Å². The summed E-state index contributed by atoms with van der Waals surface area (Å²) in [7, 11) is 0. The van der Waals surface area contributed by atoms with E-state index in [1.54, 1.807) is 36.4 Å². The molecule has 0 heterocycles. The van der Waals surface area contributed by atoms with Crippen LogP contribution in [-0.4, -0.2) is 16.2 Å². The van der Waals surface area contributed by atoms with Gasteiger partial charge in [-0.2, -0.15) is 0 Å². The number of benzene rings is 2. The number of hydrogen-bond acceptors (Lipinski definition) is 4. The Morgan fingerprint density at radius 2 is 1.57 bits per heavy atom. The molecule has 1 unspecified atom stereocenters. The highest BCUT2D eigenvalue weighted by atomic mass is 16.3. The highest BCUT2D eigenvalue weighted by molar-refractivity contribution is 5.87. The van der Waals surface area contributed by atoms with Crippen molar-refractivity contribution in [1.29, 1.82) is 0 Å². The van der Waals surface area contributed by atoms with Crippen LogP contribution in [0.5, 0.6) is 11.5 Å².